The fourth-order valence-electron chi connectivity index (χ4n) is 1.96. The quantitative estimate of drug-likeness (QED) is 0.831. The van der Waals surface area contributed by atoms with Crippen molar-refractivity contribution >= 4 is 38.3 Å². The lowest BCUT2D eigenvalue weighted by molar-refractivity contribution is -0.118. The second kappa shape index (κ2) is 5.31. The van der Waals surface area contributed by atoms with E-state index in [1.807, 2.05) is 20.8 Å². The first-order valence-corrected chi connectivity index (χ1v) is 9.01. The Morgan fingerprint density at radius 3 is 2.22 bits per heavy atom. The zero-order chi connectivity index (χ0) is 17.8. The molecule has 5 nitrogen and oxygen atoms in total. The number of hydrogen-bond donors (Lipinski definition) is 0. The number of halogens is 1. The molecule has 0 amide bonds. The molecule has 0 radical (unpaired) electrons. The van der Waals surface area contributed by atoms with Crippen LogP contribution in [0.4, 0.5) is 0 Å². The number of sulfone groups is 1. The number of ketones is 1. The summed E-state index contributed by atoms with van der Waals surface area (Å²) in [5.74, 6) is -0.0621. The van der Waals surface area contributed by atoms with Crippen LogP contribution in [-0.2, 0) is 20.0 Å². The molecule has 126 valence electrons. The van der Waals surface area contributed by atoms with Crippen molar-refractivity contribution in [3.05, 3.63) is 23.0 Å². The number of rotatable bonds is 3. The molecule has 2 aromatic rings. The standard InChI is InChI=1S/C16H20ClNO4S/c1-9(19)16(5,6)23(20,21)13-10(17)7-8-11-12(13)22-14(18-11)15(2,3)4/h7-8H,1-6H3. The summed E-state index contributed by atoms with van der Waals surface area (Å²) in [6.45, 7) is 9.70. The van der Waals surface area contributed by atoms with Crippen LogP contribution in [0, 0.1) is 0 Å². The van der Waals surface area contributed by atoms with Crippen LogP contribution >= 0.6 is 11.6 Å². The van der Waals surface area contributed by atoms with Crippen molar-refractivity contribution in [2.24, 2.45) is 0 Å². The lowest BCUT2D eigenvalue weighted by Gasteiger charge is -2.22. The number of benzene rings is 1. The van der Waals surface area contributed by atoms with Crippen molar-refractivity contribution in [2.45, 2.75) is 56.6 Å². The van der Waals surface area contributed by atoms with Gasteiger partial charge in [0.1, 0.15) is 15.2 Å². The summed E-state index contributed by atoms with van der Waals surface area (Å²) < 4.78 is 30.1. The third kappa shape index (κ3) is 2.78. The Bertz CT molecular complexity index is 889. The fourth-order valence-corrected chi connectivity index (χ4v) is 4.02. The highest BCUT2D eigenvalue weighted by Gasteiger charge is 2.43. The van der Waals surface area contributed by atoms with Crippen LogP contribution in [0.25, 0.3) is 11.1 Å². The van der Waals surface area contributed by atoms with Crippen LogP contribution in [-0.4, -0.2) is 23.9 Å². The minimum absolute atomic E-state index is 0.0171. The van der Waals surface area contributed by atoms with Crippen molar-refractivity contribution < 1.29 is 17.6 Å². The highest BCUT2D eigenvalue weighted by atomic mass is 35.5. The van der Waals surface area contributed by atoms with Crippen LogP contribution in [0.1, 0.15) is 47.4 Å². The minimum atomic E-state index is -4.04. The van der Waals surface area contributed by atoms with Gasteiger partial charge in [0.2, 0.25) is 5.89 Å². The van der Waals surface area contributed by atoms with Gasteiger partial charge in [-0.3, -0.25) is 4.79 Å². The number of oxazole rings is 1. The van der Waals surface area contributed by atoms with Gasteiger partial charge in [0.15, 0.2) is 21.2 Å². The van der Waals surface area contributed by atoms with Crippen LogP contribution in [0.3, 0.4) is 0 Å². The number of Topliss-reactive ketones (excluding diaryl/α,β-unsaturated/α-hetero) is 1. The van der Waals surface area contributed by atoms with Gasteiger partial charge in [0.05, 0.1) is 5.02 Å². The summed E-state index contributed by atoms with van der Waals surface area (Å²) in [7, 11) is -4.04. The van der Waals surface area contributed by atoms with Gasteiger partial charge in [-0.15, -0.1) is 0 Å². The highest BCUT2D eigenvalue weighted by Crippen LogP contribution is 2.38. The molecule has 0 bridgehead atoms. The molecular weight excluding hydrogens is 338 g/mol. The first-order valence-electron chi connectivity index (χ1n) is 7.15. The maximum atomic E-state index is 13.0. The maximum Gasteiger partial charge on any atom is 0.200 e. The van der Waals surface area contributed by atoms with E-state index >= 15 is 0 Å². The number of carbonyl (C=O) groups is 1. The Hall–Kier alpha value is -1.40. The van der Waals surface area contributed by atoms with E-state index in [0.717, 1.165) is 0 Å². The first kappa shape index (κ1) is 17.9. The van der Waals surface area contributed by atoms with Crippen LogP contribution < -0.4 is 0 Å². The summed E-state index contributed by atoms with van der Waals surface area (Å²) in [6.07, 6.45) is 0. The third-order valence-electron chi connectivity index (χ3n) is 3.89. The molecule has 0 aliphatic rings. The SMILES string of the molecule is CC(=O)C(C)(C)S(=O)(=O)c1c(Cl)ccc2nc(C(C)(C)C)oc12. The summed E-state index contributed by atoms with van der Waals surface area (Å²) in [6, 6.07) is 3.07. The van der Waals surface area contributed by atoms with Gasteiger partial charge < -0.3 is 4.42 Å². The molecule has 0 atom stereocenters. The van der Waals surface area contributed by atoms with Crippen molar-refractivity contribution in [3.8, 4) is 0 Å². The molecule has 2 rings (SSSR count). The number of nitrogens with zero attached hydrogens (tertiary/aromatic N) is 1. The predicted molar refractivity (Wildman–Crippen MR) is 89.7 cm³/mol. The van der Waals surface area contributed by atoms with Gasteiger partial charge in [-0.1, -0.05) is 32.4 Å². The highest BCUT2D eigenvalue weighted by molar-refractivity contribution is 7.94. The number of fused-ring (bicyclic) bond motifs is 1. The van der Waals surface area contributed by atoms with Crippen molar-refractivity contribution in [1.29, 1.82) is 0 Å². The molecule has 0 aliphatic heterocycles. The Balaban J connectivity index is 2.87. The summed E-state index contributed by atoms with van der Waals surface area (Å²) in [4.78, 5) is 16.0. The largest absolute Gasteiger partial charge is 0.439 e. The molecule has 0 fully saturated rings. The monoisotopic (exact) mass is 357 g/mol. The second-order valence-corrected chi connectivity index (χ2v) is 9.91. The zero-order valence-corrected chi connectivity index (χ0v) is 15.6. The average molecular weight is 358 g/mol. The van der Waals surface area contributed by atoms with E-state index in [1.165, 1.54) is 26.8 Å². The van der Waals surface area contributed by atoms with Gasteiger partial charge in [0, 0.05) is 5.41 Å². The Labute approximate surface area is 141 Å². The Morgan fingerprint density at radius 1 is 1.17 bits per heavy atom. The van der Waals surface area contributed by atoms with Crippen LogP contribution in [0.2, 0.25) is 5.02 Å². The number of hydrogen-bond acceptors (Lipinski definition) is 5. The van der Waals surface area contributed by atoms with Gasteiger partial charge in [-0.25, -0.2) is 13.4 Å². The molecule has 1 heterocycles. The zero-order valence-electron chi connectivity index (χ0n) is 14.0. The van der Waals surface area contributed by atoms with Crippen LogP contribution in [0.5, 0.6) is 0 Å². The summed E-state index contributed by atoms with van der Waals surface area (Å²) >= 11 is 6.14. The number of aromatic nitrogens is 1. The van der Waals surface area contributed by atoms with Gasteiger partial charge >= 0.3 is 0 Å². The molecule has 7 heteroatoms. The summed E-state index contributed by atoms with van der Waals surface area (Å²) in [5, 5.41) is 0.0171. The lowest BCUT2D eigenvalue weighted by atomic mass is 9.97. The molecular formula is C16H20ClNO4S. The van der Waals surface area contributed by atoms with Crippen molar-refractivity contribution in [2.75, 3.05) is 0 Å². The Morgan fingerprint density at radius 2 is 1.74 bits per heavy atom. The van der Waals surface area contributed by atoms with E-state index in [0.29, 0.717) is 11.4 Å². The number of carbonyl (C=O) groups excluding carboxylic acids is 1. The van der Waals surface area contributed by atoms with E-state index in [9.17, 15) is 13.2 Å². The lowest BCUT2D eigenvalue weighted by Crippen LogP contribution is -2.39. The molecule has 0 N–H and O–H groups in total. The smallest absolute Gasteiger partial charge is 0.200 e. The average Bonchev–Trinajstić information content (AvgIpc) is 2.81. The normalized spacial score (nSPS) is 13.5. The second-order valence-electron chi connectivity index (χ2n) is 7.06. The van der Waals surface area contributed by atoms with E-state index in [1.54, 1.807) is 6.07 Å². The first-order chi connectivity index (χ1) is 10.3. The molecule has 0 unspecified atom stereocenters. The maximum absolute atomic E-state index is 13.0. The molecule has 0 saturated carbocycles. The van der Waals surface area contributed by atoms with Gasteiger partial charge in [-0.2, -0.15) is 0 Å². The molecule has 1 aromatic heterocycles. The molecule has 0 aliphatic carbocycles. The summed E-state index contributed by atoms with van der Waals surface area (Å²) in [5.41, 5.74) is 0.108. The van der Waals surface area contributed by atoms with E-state index < -0.39 is 20.4 Å². The molecule has 1 aromatic carbocycles. The topological polar surface area (TPSA) is 77.2 Å². The molecule has 23 heavy (non-hydrogen) atoms. The Kier molecular flexibility index (Phi) is 4.14. The fraction of sp³-hybridized carbons (Fsp3) is 0.500. The van der Waals surface area contributed by atoms with Crippen molar-refractivity contribution in [3.63, 3.8) is 0 Å². The minimum Gasteiger partial charge on any atom is -0.439 e. The van der Waals surface area contributed by atoms with Crippen LogP contribution in [0.15, 0.2) is 21.4 Å². The van der Waals surface area contributed by atoms with Gasteiger partial charge in [-0.05, 0) is 32.9 Å². The van der Waals surface area contributed by atoms with Gasteiger partial charge in [0.25, 0.3) is 0 Å². The predicted octanol–water partition coefficient (Wildman–Crippen LogP) is 3.92. The van der Waals surface area contributed by atoms with E-state index in [2.05, 4.69) is 4.98 Å². The van der Waals surface area contributed by atoms with Crippen molar-refractivity contribution in [1.82, 2.24) is 4.98 Å². The van der Waals surface area contributed by atoms with E-state index in [4.69, 9.17) is 16.0 Å². The van der Waals surface area contributed by atoms with E-state index in [-0.39, 0.29) is 20.9 Å². The molecule has 0 spiro atoms. The third-order valence-corrected chi connectivity index (χ3v) is 6.89. The molecule has 0 saturated heterocycles.